The SMILES string of the molecule is CCC(Nc1ccc2cc(Br)ccc2c1)C(C)C. The van der Waals surface area contributed by atoms with Crippen LogP contribution >= 0.6 is 15.9 Å². The number of nitrogens with one attached hydrogen (secondary N) is 1. The molecule has 0 aromatic heterocycles. The minimum atomic E-state index is 0.540. The quantitative estimate of drug-likeness (QED) is 0.792. The molecule has 0 radical (unpaired) electrons. The number of hydrogen-bond donors (Lipinski definition) is 1. The molecule has 1 unspecified atom stereocenters. The van der Waals surface area contributed by atoms with E-state index in [0.717, 1.165) is 10.9 Å². The molecule has 1 N–H and O–H groups in total. The molecule has 2 rings (SSSR count). The van der Waals surface area contributed by atoms with E-state index in [1.807, 2.05) is 0 Å². The van der Waals surface area contributed by atoms with Crippen molar-refractivity contribution in [3.8, 4) is 0 Å². The summed E-state index contributed by atoms with van der Waals surface area (Å²) in [6.07, 6.45) is 1.15. The number of halogens is 1. The van der Waals surface area contributed by atoms with Gasteiger partial charge in [-0.15, -0.1) is 0 Å². The van der Waals surface area contributed by atoms with Gasteiger partial charge in [0.05, 0.1) is 0 Å². The van der Waals surface area contributed by atoms with Gasteiger partial charge in [-0.05, 0) is 47.4 Å². The zero-order valence-corrected chi connectivity index (χ0v) is 12.8. The highest BCUT2D eigenvalue weighted by Gasteiger charge is 2.10. The molecule has 0 heterocycles. The smallest absolute Gasteiger partial charge is 0.0348 e. The Kier molecular flexibility index (Phi) is 4.28. The molecule has 0 fully saturated rings. The first-order valence-electron chi connectivity index (χ1n) is 6.56. The Labute approximate surface area is 118 Å². The lowest BCUT2D eigenvalue weighted by molar-refractivity contribution is 0.511. The molecule has 0 bridgehead atoms. The van der Waals surface area contributed by atoms with Crippen LogP contribution in [0.15, 0.2) is 40.9 Å². The van der Waals surface area contributed by atoms with E-state index in [4.69, 9.17) is 0 Å². The summed E-state index contributed by atoms with van der Waals surface area (Å²) in [6, 6.07) is 13.5. The van der Waals surface area contributed by atoms with E-state index in [9.17, 15) is 0 Å². The molecule has 0 spiro atoms. The lowest BCUT2D eigenvalue weighted by atomic mass is 10.0. The van der Waals surface area contributed by atoms with Crippen molar-refractivity contribution in [1.29, 1.82) is 0 Å². The lowest BCUT2D eigenvalue weighted by Crippen LogP contribution is -2.24. The van der Waals surface area contributed by atoms with Crippen LogP contribution in [-0.4, -0.2) is 6.04 Å². The van der Waals surface area contributed by atoms with Crippen molar-refractivity contribution < 1.29 is 0 Å². The van der Waals surface area contributed by atoms with Crippen LogP contribution in [0.1, 0.15) is 27.2 Å². The van der Waals surface area contributed by atoms with Gasteiger partial charge in [-0.3, -0.25) is 0 Å². The van der Waals surface area contributed by atoms with Crippen molar-refractivity contribution in [2.24, 2.45) is 5.92 Å². The molecule has 0 aliphatic rings. The molecule has 96 valence electrons. The van der Waals surface area contributed by atoms with E-state index in [1.165, 1.54) is 16.5 Å². The molecule has 0 amide bonds. The second-order valence-corrected chi connectivity index (χ2v) is 6.03. The first-order chi connectivity index (χ1) is 8.60. The molecule has 0 aliphatic heterocycles. The van der Waals surface area contributed by atoms with Gasteiger partial charge in [-0.1, -0.05) is 48.8 Å². The van der Waals surface area contributed by atoms with E-state index in [-0.39, 0.29) is 0 Å². The van der Waals surface area contributed by atoms with Crippen LogP contribution in [0.3, 0.4) is 0 Å². The number of benzene rings is 2. The highest BCUT2D eigenvalue weighted by atomic mass is 79.9. The average Bonchev–Trinajstić information content (AvgIpc) is 2.35. The van der Waals surface area contributed by atoms with Crippen LogP contribution in [-0.2, 0) is 0 Å². The molecule has 1 nitrogen and oxygen atoms in total. The second kappa shape index (κ2) is 5.75. The molecular weight excluding hydrogens is 286 g/mol. The van der Waals surface area contributed by atoms with Crippen LogP contribution in [0.25, 0.3) is 10.8 Å². The summed E-state index contributed by atoms with van der Waals surface area (Å²) in [7, 11) is 0. The Hall–Kier alpha value is -1.02. The van der Waals surface area contributed by atoms with E-state index in [0.29, 0.717) is 12.0 Å². The standard InChI is InChI=1S/C16H20BrN/c1-4-16(11(2)3)18-15-8-6-12-9-14(17)7-5-13(12)10-15/h5-11,16,18H,4H2,1-3H3. The normalized spacial score (nSPS) is 12.9. The molecule has 2 aromatic rings. The van der Waals surface area contributed by atoms with Crippen molar-refractivity contribution in [2.45, 2.75) is 33.2 Å². The monoisotopic (exact) mass is 305 g/mol. The highest BCUT2D eigenvalue weighted by Crippen LogP contribution is 2.24. The van der Waals surface area contributed by atoms with Crippen LogP contribution in [0.5, 0.6) is 0 Å². The van der Waals surface area contributed by atoms with Crippen molar-refractivity contribution in [3.05, 3.63) is 40.9 Å². The average molecular weight is 306 g/mol. The third-order valence-electron chi connectivity index (χ3n) is 3.40. The molecule has 18 heavy (non-hydrogen) atoms. The topological polar surface area (TPSA) is 12.0 Å². The van der Waals surface area contributed by atoms with E-state index in [2.05, 4.69) is 78.4 Å². The third kappa shape index (κ3) is 3.05. The first-order valence-corrected chi connectivity index (χ1v) is 7.35. The van der Waals surface area contributed by atoms with Gasteiger partial charge in [0.1, 0.15) is 0 Å². The predicted octanol–water partition coefficient (Wildman–Crippen LogP) is 5.45. The van der Waals surface area contributed by atoms with Crippen LogP contribution in [0.2, 0.25) is 0 Å². The van der Waals surface area contributed by atoms with E-state index >= 15 is 0 Å². The first kappa shape index (κ1) is 13.4. The summed E-state index contributed by atoms with van der Waals surface area (Å²) >= 11 is 3.51. The van der Waals surface area contributed by atoms with Crippen molar-refractivity contribution >= 4 is 32.4 Å². The van der Waals surface area contributed by atoms with Gasteiger partial charge in [-0.2, -0.15) is 0 Å². The molecule has 0 aliphatic carbocycles. The summed E-state index contributed by atoms with van der Waals surface area (Å²) in [5.41, 5.74) is 1.21. The Bertz CT molecular complexity index is 534. The minimum absolute atomic E-state index is 0.540. The molecule has 0 saturated carbocycles. The van der Waals surface area contributed by atoms with Crippen LogP contribution in [0, 0.1) is 5.92 Å². The fourth-order valence-corrected chi connectivity index (χ4v) is 2.64. The Morgan fingerprint density at radius 1 is 1.06 bits per heavy atom. The molecule has 2 aromatic carbocycles. The summed E-state index contributed by atoms with van der Waals surface area (Å²) in [5, 5.41) is 6.17. The number of fused-ring (bicyclic) bond motifs is 1. The van der Waals surface area contributed by atoms with Crippen molar-refractivity contribution in [2.75, 3.05) is 5.32 Å². The summed E-state index contributed by atoms with van der Waals surface area (Å²) in [4.78, 5) is 0. The van der Waals surface area contributed by atoms with Gasteiger partial charge in [0.25, 0.3) is 0 Å². The maximum Gasteiger partial charge on any atom is 0.0348 e. The largest absolute Gasteiger partial charge is 0.382 e. The van der Waals surface area contributed by atoms with Gasteiger partial charge in [-0.25, -0.2) is 0 Å². The van der Waals surface area contributed by atoms with Crippen LogP contribution < -0.4 is 5.32 Å². The van der Waals surface area contributed by atoms with E-state index in [1.54, 1.807) is 0 Å². The minimum Gasteiger partial charge on any atom is -0.382 e. The Morgan fingerprint density at radius 2 is 1.72 bits per heavy atom. The summed E-state index contributed by atoms with van der Waals surface area (Å²) < 4.78 is 1.13. The number of rotatable bonds is 4. The third-order valence-corrected chi connectivity index (χ3v) is 3.89. The zero-order chi connectivity index (χ0) is 13.1. The van der Waals surface area contributed by atoms with Gasteiger partial charge >= 0.3 is 0 Å². The Balaban J connectivity index is 2.27. The fourth-order valence-electron chi connectivity index (χ4n) is 2.26. The predicted molar refractivity (Wildman–Crippen MR) is 84.2 cm³/mol. The Morgan fingerprint density at radius 3 is 2.39 bits per heavy atom. The zero-order valence-electron chi connectivity index (χ0n) is 11.2. The summed E-state index contributed by atoms with van der Waals surface area (Å²) in [5.74, 6) is 0.649. The fraction of sp³-hybridized carbons (Fsp3) is 0.375. The number of hydrogen-bond acceptors (Lipinski definition) is 1. The molecule has 1 atom stereocenters. The molecule has 2 heteroatoms. The van der Waals surface area contributed by atoms with Crippen LogP contribution in [0.4, 0.5) is 5.69 Å². The maximum absolute atomic E-state index is 3.62. The summed E-state index contributed by atoms with van der Waals surface area (Å²) in [6.45, 7) is 6.76. The van der Waals surface area contributed by atoms with Crippen molar-refractivity contribution in [3.63, 3.8) is 0 Å². The van der Waals surface area contributed by atoms with Gasteiger partial charge in [0, 0.05) is 16.2 Å². The van der Waals surface area contributed by atoms with Crippen molar-refractivity contribution in [1.82, 2.24) is 0 Å². The van der Waals surface area contributed by atoms with E-state index < -0.39 is 0 Å². The highest BCUT2D eigenvalue weighted by molar-refractivity contribution is 9.10. The van der Waals surface area contributed by atoms with Gasteiger partial charge in [0.15, 0.2) is 0 Å². The van der Waals surface area contributed by atoms with Gasteiger partial charge < -0.3 is 5.32 Å². The van der Waals surface area contributed by atoms with Gasteiger partial charge in [0.2, 0.25) is 0 Å². The molecular formula is C16H20BrN. The number of anilines is 1. The lowest BCUT2D eigenvalue weighted by Gasteiger charge is -2.22. The molecule has 0 saturated heterocycles. The maximum atomic E-state index is 3.62. The second-order valence-electron chi connectivity index (χ2n) is 5.11.